The Morgan fingerprint density at radius 1 is 1.50 bits per heavy atom. The van der Waals surface area contributed by atoms with Crippen LogP contribution in [0.4, 0.5) is 4.39 Å². The van der Waals surface area contributed by atoms with Gasteiger partial charge in [0, 0.05) is 5.56 Å². The van der Waals surface area contributed by atoms with E-state index in [4.69, 9.17) is 4.42 Å². The van der Waals surface area contributed by atoms with Crippen molar-refractivity contribution in [3.05, 3.63) is 35.8 Å². The molecule has 1 atom stereocenters. The lowest BCUT2D eigenvalue weighted by Crippen LogP contribution is -2.30. The van der Waals surface area contributed by atoms with Gasteiger partial charge in [0.15, 0.2) is 5.78 Å². The highest BCUT2D eigenvalue weighted by atomic mass is 19.1. The molecule has 0 saturated carbocycles. The first-order valence-electron chi connectivity index (χ1n) is 5.01. The largest absolute Gasteiger partial charge is 0.464 e. The maximum absolute atomic E-state index is 13.6. The molecule has 0 amide bonds. The second kappa shape index (κ2) is 4.06. The fourth-order valence-corrected chi connectivity index (χ4v) is 1.55. The molecule has 0 aliphatic heterocycles. The second-order valence-electron chi connectivity index (χ2n) is 3.67. The van der Waals surface area contributed by atoms with Crippen molar-refractivity contribution < 1.29 is 13.6 Å². The monoisotopic (exact) mass is 221 g/mol. The Balaban J connectivity index is 2.49. The summed E-state index contributed by atoms with van der Waals surface area (Å²) in [5, 5.41) is 3.22. The number of hydrogen-bond acceptors (Lipinski definition) is 3. The van der Waals surface area contributed by atoms with E-state index in [9.17, 15) is 9.18 Å². The van der Waals surface area contributed by atoms with E-state index >= 15 is 0 Å². The van der Waals surface area contributed by atoms with E-state index in [0.717, 1.165) is 0 Å². The van der Waals surface area contributed by atoms with E-state index in [1.807, 2.05) is 0 Å². The van der Waals surface area contributed by atoms with E-state index in [1.165, 1.54) is 12.3 Å². The minimum Gasteiger partial charge on any atom is -0.464 e. The molecule has 0 bridgehead atoms. The van der Waals surface area contributed by atoms with E-state index in [1.54, 1.807) is 26.1 Å². The van der Waals surface area contributed by atoms with Gasteiger partial charge in [0.25, 0.3) is 0 Å². The number of hydrogen-bond donors (Lipinski definition) is 1. The third-order valence-corrected chi connectivity index (χ3v) is 2.63. The quantitative estimate of drug-likeness (QED) is 0.809. The Hall–Kier alpha value is -1.68. The van der Waals surface area contributed by atoms with Gasteiger partial charge < -0.3 is 9.73 Å². The average Bonchev–Trinajstić information content (AvgIpc) is 2.75. The lowest BCUT2D eigenvalue weighted by atomic mass is 10.0. The molecule has 4 heteroatoms. The smallest absolute Gasteiger partial charge is 0.179 e. The van der Waals surface area contributed by atoms with Gasteiger partial charge in [0.2, 0.25) is 0 Å². The topological polar surface area (TPSA) is 42.2 Å². The number of carbonyl (C=O) groups excluding carboxylic acids is 1. The van der Waals surface area contributed by atoms with E-state index in [2.05, 4.69) is 5.32 Å². The molecule has 0 saturated heterocycles. The zero-order chi connectivity index (χ0) is 11.7. The Labute approximate surface area is 92.2 Å². The van der Waals surface area contributed by atoms with Crippen LogP contribution in [-0.4, -0.2) is 18.9 Å². The maximum Gasteiger partial charge on any atom is 0.179 e. The number of carbonyl (C=O) groups is 1. The van der Waals surface area contributed by atoms with Gasteiger partial charge in [-0.3, -0.25) is 4.79 Å². The predicted octanol–water partition coefficient (Wildman–Crippen LogP) is 2.36. The number of likely N-dealkylation sites (N-methyl/N-ethyl adjacent to an activating group) is 1. The van der Waals surface area contributed by atoms with Gasteiger partial charge in [-0.2, -0.15) is 0 Å². The summed E-state index contributed by atoms with van der Waals surface area (Å²) in [6.45, 7) is 1.73. The summed E-state index contributed by atoms with van der Waals surface area (Å²) in [6.07, 6.45) is 1.41. The first kappa shape index (κ1) is 10.8. The van der Waals surface area contributed by atoms with E-state index < -0.39 is 5.82 Å². The Morgan fingerprint density at radius 2 is 2.25 bits per heavy atom. The highest BCUT2D eigenvalue weighted by Gasteiger charge is 2.16. The van der Waals surface area contributed by atoms with Crippen molar-refractivity contribution in [2.45, 2.75) is 13.0 Å². The lowest BCUT2D eigenvalue weighted by molar-refractivity contribution is 0.0954. The van der Waals surface area contributed by atoms with Crippen LogP contribution in [-0.2, 0) is 0 Å². The maximum atomic E-state index is 13.6. The molecule has 16 heavy (non-hydrogen) atoms. The molecular formula is C12H12FNO2. The number of fused-ring (bicyclic) bond motifs is 1. The first-order chi connectivity index (χ1) is 7.63. The van der Waals surface area contributed by atoms with Crippen LogP contribution in [0.5, 0.6) is 0 Å². The summed E-state index contributed by atoms with van der Waals surface area (Å²) in [5.74, 6) is -0.586. The molecule has 0 aliphatic rings. The van der Waals surface area contributed by atoms with Crippen molar-refractivity contribution in [2.24, 2.45) is 0 Å². The summed E-state index contributed by atoms with van der Waals surface area (Å²) in [6, 6.07) is 4.01. The molecule has 0 spiro atoms. The van der Waals surface area contributed by atoms with Gasteiger partial charge in [0.1, 0.15) is 11.4 Å². The van der Waals surface area contributed by atoms with Gasteiger partial charge in [-0.25, -0.2) is 4.39 Å². The molecule has 1 heterocycles. The highest BCUT2D eigenvalue weighted by Crippen LogP contribution is 2.21. The van der Waals surface area contributed by atoms with Crippen LogP contribution in [0.15, 0.2) is 28.9 Å². The summed E-state index contributed by atoms with van der Waals surface area (Å²) < 4.78 is 18.7. The summed E-state index contributed by atoms with van der Waals surface area (Å²) in [4.78, 5) is 11.8. The number of rotatable bonds is 3. The molecule has 0 aliphatic carbocycles. The molecule has 1 N–H and O–H groups in total. The number of Topliss-reactive ketones (excluding diaryl/α,β-unsaturated/α-hetero) is 1. The van der Waals surface area contributed by atoms with Gasteiger partial charge in [-0.1, -0.05) is 0 Å². The molecule has 84 valence electrons. The van der Waals surface area contributed by atoms with E-state index in [-0.39, 0.29) is 11.8 Å². The van der Waals surface area contributed by atoms with Crippen LogP contribution < -0.4 is 5.32 Å². The molecule has 2 aromatic rings. The summed E-state index contributed by atoms with van der Waals surface area (Å²) >= 11 is 0. The Bertz CT molecular complexity index is 533. The van der Waals surface area contributed by atoms with Gasteiger partial charge in [-0.05, 0) is 32.2 Å². The zero-order valence-corrected chi connectivity index (χ0v) is 9.08. The third-order valence-electron chi connectivity index (χ3n) is 2.63. The fraction of sp³-hybridized carbons (Fsp3) is 0.250. The van der Waals surface area contributed by atoms with Crippen molar-refractivity contribution in [3.63, 3.8) is 0 Å². The van der Waals surface area contributed by atoms with Crippen LogP contribution in [0, 0.1) is 5.82 Å². The summed E-state index contributed by atoms with van der Waals surface area (Å²) in [5.41, 5.74) is 0.716. The normalized spacial score (nSPS) is 12.9. The lowest BCUT2D eigenvalue weighted by Gasteiger charge is -2.08. The van der Waals surface area contributed by atoms with Crippen LogP contribution in [0.1, 0.15) is 17.3 Å². The molecule has 0 unspecified atom stereocenters. The minimum absolute atomic E-state index is 0.153. The van der Waals surface area contributed by atoms with Crippen LogP contribution >= 0.6 is 0 Å². The van der Waals surface area contributed by atoms with Crippen molar-refractivity contribution in [1.29, 1.82) is 0 Å². The SMILES string of the molecule is CN[C@@H](C)C(=O)c1cc(F)c2ccoc2c1. The van der Waals surface area contributed by atoms with Crippen LogP contribution in [0.3, 0.4) is 0 Å². The third kappa shape index (κ3) is 1.72. The molecule has 3 nitrogen and oxygen atoms in total. The average molecular weight is 221 g/mol. The summed E-state index contributed by atoms with van der Waals surface area (Å²) in [7, 11) is 1.68. The van der Waals surface area contributed by atoms with Crippen LogP contribution in [0.25, 0.3) is 11.0 Å². The molecule has 0 fully saturated rings. The Kier molecular flexibility index (Phi) is 2.75. The molecule has 1 aromatic heterocycles. The van der Waals surface area contributed by atoms with Crippen molar-refractivity contribution in [1.82, 2.24) is 5.32 Å². The van der Waals surface area contributed by atoms with Crippen LogP contribution in [0.2, 0.25) is 0 Å². The number of halogens is 1. The molecular weight excluding hydrogens is 209 g/mol. The first-order valence-corrected chi connectivity index (χ1v) is 5.01. The van der Waals surface area contributed by atoms with E-state index in [0.29, 0.717) is 16.5 Å². The zero-order valence-electron chi connectivity index (χ0n) is 9.08. The number of ketones is 1. The standard InChI is InChI=1S/C12H12FNO2/c1-7(14-2)12(15)8-5-10(13)9-3-4-16-11(9)6-8/h3-7,14H,1-2H3/t7-/m0/s1. The van der Waals surface area contributed by atoms with Crippen molar-refractivity contribution >= 4 is 16.8 Å². The predicted molar refractivity (Wildman–Crippen MR) is 59.0 cm³/mol. The molecule has 1 aromatic carbocycles. The number of benzene rings is 1. The van der Waals surface area contributed by atoms with Gasteiger partial charge in [-0.15, -0.1) is 0 Å². The second-order valence-corrected chi connectivity index (χ2v) is 3.67. The van der Waals surface area contributed by atoms with Gasteiger partial charge in [0.05, 0.1) is 17.7 Å². The number of nitrogens with one attached hydrogen (secondary N) is 1. The number of furan rings is 1. The van der Waals surface area contributed by atoms with Gasteiger partial charge >= 0.3 is 0 Å². The minimum atomic E-state index is -0.432. The fourth-order valence-electron chi connectivity index (χ4n) is 1.55. The molecule has 2 rings (SSSR count). The highest BCUT2D eigenvalue weighted by molar-refractivity contribution is 6.02. The van der Waals surface area contributed by atoms with Crippen molar-refractivity contribution in [2.75, 3.05) is 7.05 Å². The Morgan fingerprint density at radius 3 is 2.94 bits per heavy atom. The molecule has 0 radical (unpaired) electrons. The van der Waals surface area contributed by atoms with Crippen molar-refractivity contribution in [3.8, 4) is 0 Å².